The molecule has 0 unspecified atom stereocenters. The maximum absolute atomic E-state index is 13.2. The molecular weight excluding hydrogens is 523 g/mol. The first-order valence-electron chi connectivity index (χ1n) is 12.6. The highest BCUT2D eigenvalue weighted by molar-refractivity contribution is 6.08. The Hall–Kier alpha value is -4.38. The summed E-state index contributed by atoms with van der Waals surface area (Å²) in [7, 11) is 5.15. The molecule has 0 spiro atoms. The van der Waals surface area contributed by atoms with Crippen LogP contribution in [-0.2, 0) is 12.7 Å². The number of methoxy groups -OCH3 is 1. The van der Waals surface area contributed by atoms with Gasteiger partial charge in [0.1, 0.15) is 17.3 Å². The number of aromatic nitrogens is 2. The number of carbonyl (C=O) groups is 1. The van der Waals surface area contributed by atoms with Crippen molar-refractivity contribution in [3.63, 3.8) is 0 Å². The number of anilines is 2. The Balaban J connectivity index is 0.00000216. The molecule has 8 nitrogen and oxygen atoms in total. The van der Waals surface area contributed by atoms with Crippen LogP contribution in [0.4, 0.5) is 29.3 Å². The van der Waals surface area contributed by atoms with Crippen molar-refractivity contribution in [3.05, 3.63) is 77.7 Å². The molecule has 212 valence electrons. The Morgan fingerprint density at radius 1 is 0.900 bits per heavy atom. The second-order valence-electron chi connectivity index (χ2n) is 8.75. The quantitative estimate of drug-likeness (QED) is 0.246. The topological polar surface area (TPSA) is 88.6 Å². The molecule has 0 bridgehead atoms. The number of nitrogens with zero attached hydrogens (tertiary/aromatic N) is 3. The van der Waals surface area contributed by atoms with Gasteiger partial charge in [-0.2, -0.15) is 18.2 Å². The highest BCUT2D eigenvalue weighted by Crippen LogP contribution is 2.36. The van der Waals surface area contributed by atoms with Crippen LogP contribution in [0.1, 0.15) is 30.9 Å². The first-order valence-corrected chi connectivity index (χ1v) is 12.6. The van der Waals surface area contributed by atoms with Crippen LogP contribution in [0, 0.1) is 6.92 Å². The Labute approximate surface area is 231 Å². The van der Waals surface area contributed by atoms with E-state index in [9.17, 15) is 18.0 Å². The lowest BCUT2D eigenvalue weighted by molar-refractivity contribution is -0.137. The molecule has 0 radical (unpaired) electrons. The molecular formula is C29H32F3N5O3. The monoisotopic (exact) mass is 555 g/mol. The summed E-state index contributed by atoms with van der Waals surface area (Å²) in [6, 6.07) is 14.4. The van der Waals surface area contributed by atoms with Crippen molar-refractivity contribution in [2.45, 2.75) is 33.5 Å². The molecule has 1 aromatic heterocycles. The highest BCUT2D eigenvalue weighted by atomic mass is 19.4. The molecule has 0 saturated heterocycles. The Kier molecular flexibility index (Phi) is 9.89. The normalized spacial score (nSPS) is 11.1. The number of hydrogen-bond donors (Lipinski definition) is 2. The molecule has 0 aliphatic carbocycles. The van der Waals surface area contributed by atoms with E-state index in [4.69, 9.17) is 9.47 Å². The van der Waals surface area contributed by atoms with E-state index in [-0.39, 0.29) is 11.4 Å². The van der Waals surface area contributed by atoms with Crippen molar-refractivity contribution in [1.29, 1.82) is 0 Å². The van der Waals surface area contributed by atoms with Crippen molar-refractivity contribution in [2.75, 3.05) is 31.8 Å². The molecule has 0 fully saturated rings. The first kappa shape index (κ1) is 30.2. The Bertz CT molecular complexity index is 1480. The zero-order chi connectivity index (χ0) is 29.4. The molecule has 0 atom stereocenters. The van der Waals surface area contributed by atoms with E-state index in [2.05, 4.69) is 20.6 Å². The van der Waals surface area contributed by atoms with E-state index in [0.29, 0.717) is 40.5 Å². The summed E-state index contributed by atoms with van der Waals surface area (Å²) in [5, 5.41) is 6.51. The fourth-order valence-electron chi connectivity index (χ4n) is 3.84. The lowest BCUT2D eigenvalue weighted by Gasteiger charge is -2.16. The average molecular weight is 556 g/mol. The number of amides is 2. The van der Waals surface area contributed by atoms with E-state index in [1.165, 1.54) is 7.11 Å². The molecule has 0 aliphatic heterocycles. The van der Waals surface area contributed by atoms with Crippen LogP contribution >= 0.6 is 0 Å². The van der Waals surface area contributed by atoms with Gasteiger partial charge in [-0.25, -0.2) is 9.78 Å². The molecule has 0 aliphatic rings. The molecule has 1 heterocycles. The van der Waals surface area contributed by atoms with Crippen molar-refractivity contribution < 1.29 is 27.4 Å². The van der Waals surface area contributed by atoms with Crippen molar-refractivity contribution >= 4 is 28.2 Å². The van der Waals surface area contributed by atoms with Gasteiger partial charge in [0.05, 0.1) is 30.6 Å². The zero-order valence-electron chi connectivity index (χ0n) is 23.2. The minimum absolute atomic E-state index is 0.0931. The molecule has 40 heavy (non-hydrogen) atoms. The number of aryl methyl sites for hydroxylation is 1. The number of benzene rings is 3. The molecule has 0 saturated carbocycles. The van der Waals surface area contributed by atoms with Gasteiger partial charge < -0.3 is 25.0 Å². The summed E-state index contributed by atoms with van der Waals surface area (Å²) in [4.78, 5) is 23.7. The van der Waals surface area contributed by atoms with Crippen LogP contribution in [0.5, 0.6) is 17.4 Å². The number of alkyl halides is 3. The summed E-state index contributed by atoms with van der Waals surface area (Å²) in [5.41, 5.74) is 0.172. The van der Waals surface area contributed by atoms with Gasteiger partial charge in [0, 0.05) is 22.5 Å². The molecule has 2 N–H and O–H groups in total. The number of urea groups is 1. The van der Waals surface area contributed by atoms with Gasteiger partial charge in [0.15, 0.2) is 0 Å². The van der Waals surface area contributed by atoms with Gasteiger partial charge in [-0.05, 0) is 51.4 Å². The number of fused-ring (bicyclic) bond motifs is 1. The molecule has 2 amide bonds. The third-order valence-electron chi connectivity index (χ3n) is 5.46. The fraction of sp³-hybridized carbons (Fsp3) is 0.276. The predicted octanol–water partition coefficient (Wildman–Crippen LogP) is 7.49. The summed E-state index contributed by atoms with van der Waals surface area (Å²) < 4.78 is 50.7. The van der Waals surface area contributed by atoms with E-state index >= 15 is 0 Å². The molecule has 3 aromatic carbocycles. The van der Waals surface area contributed by atoms with Crippen molar-refractivity contribution in [2.24, 2.45) is 0 Å². The number of nitrogens with one attached hydrogen (secondary N) is 2. The second kappa shape index (κ2) is 13.1. The summed E-state index contributed by atoms with van der Waals surface area (Å²) >= 11 is 0. The van der Waals surface area contributed by atoms with E-state index in [0.717, 1.165) is 23.9 Å². The van der Waals surface area contributed by atoms with Gasteiger partial charge in [-0.1, -0.05) is 38.1 Å². The van der Waals surface area contributed by atoms with Gasteiger partial charge >= 0.3 is 12.2 Å². The first-order chi connectivity index (χ1) is 19.0. The van der Waals surface area contributed by atoms with E-state index < -0.39 is 17.8 Å². The minimum Gasteiger partial charge on any atom is -0.495 e. The Morgan fingerprint density at radius 2 is 1.55 bits per heavy atom. The van der Waals surface area contributed by atoms with E-state index in [1.807, 2.05) is 51.9 Å². The third kappa shape index (κ3) is 7.60. The van der Waals surface area contributed by atoms with E-state index in [1.54, 1.807) is 30.3 Å². The smallest absolute Gasteiger partial charge is 0.416 e. The zero-order valence-corrected chi connectivity index (χ0v) is 23.2. The Morgan fingerprint density at radius 3 is 2.20 bits per heavy atom. The van der Waals surface area contributed by atoms with Crippen LogP contribution in [0.25, 0.3) is 10.8 Å². The van der Waals surface area contributed by atoms with Crippen LogP contribution in [-0.4, -0.2) is 42.1 Å². The van der Waals surface area contributed by atoms with Crippen LogP contribution in [0.15, 0.2) is 60.7 Å². The lowest BCUT2D eigenvalue weighted by Crippen LogP contribution is -2.20. The number of halogens is 3. The number of ether oxygens (including phenoxy) is 2. The lowest BCUT2D eigenvalue weighted by atomic mass is 10.1. The number of hydrogen-bond acceptors (Lipinski definition) is 6. The third-order valence-corrected chi connectivity index (χ3v) is 5.46. The molecule has 11 heteroatoms. The predicted molar refractivity (Wildman–Crippen MR) is 150 cm³/mol. The minimum atomic E-state index is -4.57. The van der Waals surface area contributed by atoms with Gasteiger partial charge in [-0.3, -0.25) is 0 Å². The molecule has 4 rings (SSSR count). The summed E-state index contributed by atoms with van der Waals surface area (Å²) in [6.45, 7) is 6.41. The standard InChI is InChI=1S/C27H26F3N5O3.C2H6/c1-16-13-25(34-24(31-16)15-35(2)3)38-22-12-10-20(18-7-5-6-8-19(18)22)32-26(36)33-21-14-17(27(28,29)30)9-11-23(21)37-4;1-2/h5-14H,15H2,1-4H3,(H2,32,33,36);1-2H3. The van der Waals surface area contributed by atoms with Crippen molar-refractivity contribution in [1.82, 2.24) is 14.9 Å². The van der Waals surface area contributed by atoms with Crippen molar-refractivity contribution in [3.8, 4) is 17.4 Å². The SMILES string of the molecule is CC.COc1ccc(C(F)(F)F)cc1NC(=O)Nc1ccc(Oc2cc(C)nc(CN(C)C)n2)c2ccccc12. The largest absolute Gasteiger partial charge is 0.495 e. The van der Waals surface area contributed by atoms with Crippen LogP contribution in [0.3, 0.4) is 0 Å². The number of rotatable bonds is 7. The van der Waals surface area contributed by atoms with Crippen LogP contribution < -0.4 is 20.1 Å². The summed E-state index contributed by atoms with van der Waals surface area (Å²) in [6.07, 6.45) is -4.57. The average Bonchev–Trinajstić information content (AvgIpc) is 2.90. The summed E-state index contributed by atoms with van der Waals surface area (Å²) in [5.74, 6) is 1.61. The maximum Gasteiger partial charge on any atom is 0.416 e. The molecule has 4 aromatic rings. The van der Waals surface area contributed by atoms with Crippen LogP contribution in [0.2, 0.25) is 0 Å². The second-order valence-corrected chi connectivity index (χ2v) is 8.75. The maximum atomic E-state index is 13.2. The fourth-order valence-corrected chi connectivity index (χ4v) is 3.84. The highest BCUT2D eigenvalue weighted by Gasteiger charge is 2.31. The van der Waals surface area contributed by atoms with Gasteiger partial charge in [-0.15, -0.1) is 0 Å². The number of carbonyl (C=O) groups excluding carboxylic acids is 1. The van der Waals surface area contributed by atoms with Gasteiger partial charge in [0.25, 0.3) is 0 Å². The van der Waals surface area contributed by atoms with Gasteiger partial charge in [0.2, 0.25) is 5.88 Å².